The van der Waals surface area contributed by atoms with Crippen molar-refractivity contribution in [1.29, 1.82) is 0 Å². The first kappa shape index (κ1) is 30.3. The maximum atomic E-state index is 13.7. The number of nitrogens with zero attached hydrogens (tertiary/aromatic N) is 2. The molecule has 208 valence electrons. The van der Waals surface area contributed by atoms with Crippen molar-refractivity contribution in [2.75, 3.05) is 17.1 Å². The Morgan fingerprint density at radius 3 is 2.18 bits per heavy atom. The van der Waals surface area contributed by atoms with Crippen molar-refractivity contribution >= 4 is 50.7 Å². The third-order valence-electron chi connectivity index (χ3n) is 6.93. The van der Waals surface area contributed by atoms with Crippen molar-refractivity contribution in [2.24, 2.45) is 0 Å². The number of nitrogens with one attached hydrogen (secondary N) is 1. The molecule has 3 rings (SSSR count). The van der Waals surface area contributed by atoms with Gasteiger partial charge in [-0.05, 0) is 60.6 Å². The highest BCUT2D eigenvalue weighted by molar-refractivity contribution is 7.92. The van der Waals surface area contributed by atoms with E-state index in [0.717, 1.165) is 41.8 Å². The Bertz CT molecular complexity index is 1250. The molecule has 1 fully saturated rings. The van der Waals surface area contributed by atoms with Crippen molar-refractivity contribution in [3.8, 4) is 0 Å². The second-order valence-electron chi connectivity index (χ2n) is 11.0. The number of hydrogen-bond donors (Lipinski definition) is 1. The first-order valence-electron chi connectivity index (χ1n) is 12.8. The first-order valence-corrected chi connectivity index (χ1v) is 15.4. The van der Waals surface area contributed by atoms with E-state index >= 15 is 0 Å². The number of hydrogen-bond acceptors (Lipinski definition) is 4. The molecule has 0 radical (unpaired) electrons. The van der Waals surface area contributed by atoms with Crippen LogP contribution < -0.4 is 9.62 Å². The Morgan fingerprint density at radius 2 is 1.66 bits per heavy atom. The summed E-state index contributed by atoms with van der Waals surface area (Å²) in [5.41, 5.74) is 1.91. The number of carbonyl (C=O) groups is 2. The van der Waals surface area contributed by atoms with Crippen LogP contribution in [0.3, 0.4) is 0 Å². The van der Waals surface area contributed by atoms with Crippen LogP contribution in [-0.4, -0.2) is 50.0 Å². The number of sulfonamides is 1. The molecular weight excluding hydrogens is 545 g/mol. The molecule has 0 unspecified atom stereocenters. The Hall–Kier alpha value is -2.29. The first-order chi connectivity index (χ1) is 17.7. The third-order valence-corrected chi connectivity index (χ3v) is 8.65. The van der Waals surface area contributed by atoms with E-state index in [-0.39, 0.29) is 23.9 Å². The fourth-order valence-electron chi connectivity index (χ4n) is 4.55. The normalized spacial score (nSPS) is 15.2. The van der Waals surface area contributed by atoms with Crippen molar-refractivity contribution in [2.45, 2.75) is 77.4 Å². The molecule has 0 bridgehead atoms. The summed E-state index contributed by atoms with van der Waals surface area (Å²) >= 11 is 12.4. The van der Waals surface area contributed by atoms with E-state index in [4.69, 9.17) is 23.2 Å². The van der Waals surface area contributed by atoms with Crippen LogP contribution in [0, 0.1) is 0 Å². The van der Waals surface area contributed by atoms with Gasteiger partial charge in [-0.2, -0.15) is 0 Å². The molecule has 2 amide bonds. The van der Waals surface area contributed by atoms with Crippen molar-refractivity contribution in [3.05, 3.63) is 63.6 Å². The summed E-state index contributed by atoms with van der Waals surface area (Å²) in [5, 5.41) is 3.85. The van der Waals surface area contributed by atoms with Crippen LogP contribution in [-0.2, 0) is 31.6 Å². The van der Waals surface area contributed by atoms with E-state index in [2.05, 4.69) is 26.1 Å². The lowest BCUT2D eigenvalue weighted by Gasteiger charge is -2.32. The van der Waals surface area contributed by atoms with Gasteiger partial charge in [0, 0.05) is 22.6 Å². The molecule has 0 aromatic heterocycles. The van der Waals surface area contributed by atoms with E-state index in [1.807, 2.05) is 12.1 Å². The molecular formula is C28H37Cl2N3O4S. The van der Waals surface area contributed by atoms with Gasteiger partial charge in [0.25, 0.3) is 0 Å². The summed E-state index contributed by atoms with van der Waals surface area (Å²) < 4.78 is 26.7. The van der Waals surface area contributed by atoms with E-state index in [1.165, 1.54) is 4.90 Å². The highest BCUT2D eigenvalue weighted by Gasteiger charge is 2.32. The number of anilines is 1. The van der Waals surface area contributed by atoms with Crippen molar-refractivity contribution < 1.29 is 18.0 Å². The molecule has 2 aromatic carbocycles. The minimum absolute atomic E-state index is 0.0225. The van der Waals surface area contributed by atoms with Crippen molar-refractivity contribution in [3.63, 3.8) is 0 Å². The predicted molar refractivity (Wildman–Crippen MR) is 154 cm³/mol. The fraction of sp³-hybridized carbons (Fsp3) is 0.500. The van der Waals surface area contributed by atoms with Crippen LogP contribution in [0.5, 0.6) is 0 Å². The lowest BCUT2D eigenvalue weighted by atomic mass is 9.87. The monoisotopic (exact) mass is 581 g/mol. The van der Waals surface area contributed by atoms with Gasteiger partial charge in [-0.25, -0.2) is 8.42 Å². The van der Waals surface area contributed by atoms with E-state index in [1.54, 1.807) is 37.3 Å². The molecule has 7 nitrogen and oxygen atoms in total. The van der Waals surface area contributed by atoms with Gasteiger partial charge in [0.05, 0.1) is 11.9 Å². The van der Waals surface area contributed by atoms with Gasteiger partial charge in [-0.1, -0.05) is 75.0 Å². The van der Waals surface area contributed by atoms with E-state index in [0.29, 0.717) is 21.3 Å². The highest BCUT2D eigenvalue weighted by Crippen LogP contribution is 2.27. The summed E-state index contributed by atoms with van der Waals surface area (Å²) in [5.74, 6) is -0.800. The van der Waals surface area contributed by atoms with E-state index < -0.39 is 28.5 Å². The van der Waals surface area contributed by atoms with Crippen molar-refractivity contribution in [1.82, 2.24) is 10.2 Å². The van der Waals surface area contributed by atoms with Crippen LogP contribution >= 0.6 is 23.2 Å². The number of benzene rings is 2. The summed E-state index contributed by atoms with van der Waals surface area (Å²) in [6.07, 6.45) is 4.98. The molecule has 10 heteroatoms. The zero-order valence-electron chi connectivity index (χ0n) is 22.6. The third kappa shape index (κ3) is 7.87. The zero-order chi connectivity index (χ0) is 28.3. The molecule has 38 heavy (non-hydrogen) atoms. The minimum atomic E-state index is -3.80. The molecule has 0 aliphatic heterocycles. The van der Waals surface area contributed by atoms with Crippen LogP contribution in [0.2, 0.25) is 10.0 Å². The van der Waals surface area contributed by atoms with Crippen LogP contribution in [0.25, 0.3) is 0 Å². The lowest BCUT2D eigenvalue weighted by Crippen LogP contribution is -2.52. The largest absolute Gasteiger partial charge is 0.352 e. The number of amides is 2. The summed E-state index contributed by atoms with van der Waals surface area (Å²) in [6, 6.07) is 11.3. The topological polar surface area (TPSA) is 86.8 Å². The molecule has 2 aromatic rings. The Balaban J connectivity index is 1.91. The highest BCUT2D eigenvalue weighted by atomic mass is 35.5. The van der Waals surface area contributed by atoms with Gasteiger partial charge in [0.1, 0.15) is 12.6 Å². The van der Waals surface area contributed by atoms with E-state index in [9.17, 15) is 18.0 Å². The number of rotatable bonds is 9. The molecule has 0 heterocycles. The average molecular weight is 583 g/mol. The molecule has 1 aliphatic rings. The van der Waals surface area contributed by atoms with Gasteiger partial charge in [0.15, 0.2) is 0 Å². The molecule has 1 N–H and O–H groups in total. The van der Waals surface area contributed by atoms with Gasteiger partial charge < -0.3 is 10.2 Å². The predicted octanol–water partition coefficient (Wildman–Crippen LogP) is 5.53. The molecule has 1 saturated carbocycles. The van der Waals surface area contributed by atoms with Gasteiger partial charge in [-0.3, -0.25) is 13.9 Å². The minimum Gasteiger partial charge on any atom is -0.352 e. The lowest BCUT2D eigenvalue weighted by molar-refractivity contribution is -0.139. The molecule has 1 atom stereocenters. The number of carbonyl (C=O) groups excluding carboxylic acids is 2. The smallest absolute Gasteiger partial charge is 0.244 e. The average Bonchev–Trinajstić information content (AvgIpc) is 3.33. The Labute approximate surface area is 236 Å². The SMILES string of the molecule is C[C@@H](C(=O)NC1CCCC1)N(Cc1ccc(Cl)cc1Cl)C(=O)CN(c1ccc(C(C)(C)C)cc1)S(C)(=O)=O. The molecule has 0 spiro atoms. The summed E-state index contributed by atoms with van der Waals surface area (Å²) in [4.78, 5) is 28.3. The Kier molecular flexibility index (Phi) is 9.76. The Morgan fingerprint density at radius 1 is 1.05 bits per heavy atom. The quantitative estimate of drug-likeness (QED) is 0.421. The van der Waals surface area contributed by atoms with Crippen LogP contribution in [0.15, 0.2) is 42.5 Å². The molecule has 1 aliphatic carbocycles. The number of halogens is 2. The van der Waals surface area contributed by atoms with Gasteiger partial charge in [0.2, 0.25) is 21.8 Å². The summed E-state index contributed by atoms with van der Waals surface area (Å²) in [7, 11) is -3.80. The second kappa shape index (κ2) is 12.3. The standard InChI is InChI=1S/C28H37Cl2N3O4S/c1-19(27(35)31-23-8-6-7-9-23)32(17-20-10-13-22(29)16-25(20)30)26(34)18-33(38(5,36)37)24-14-11-21(12-15-24)28(2,3)4/h10-16,19,23H,6-9,17-18H2,1-5H3,(H,31,35)/t19-/m0/s1. The fourth-order valence-corrected chi connectivity index (χ4v) is 5.87. The zero-order valence-corrected chi connectivity index (χ0v) is 25.0. The maximum absolute atomic E-state index is 13.7. The van der Waals surface area contributed by atoms with Gasteiger partial charge >= 0.3 is 0 Å². The maximum Gasteiger partial charge on any atom is 0.244 e. The van der Waals surface area contributed by atoms with Crippen LogP contribution in [0.4, 0.5) is 5.69 Å². The summed E-state index contributed by atoms with van der Waals surface area (Å²) in [6.45, 7) is 7.41. The second-order valence-corrected chi connectivity index (χ2v) is 13.7. The van der Waals surface area contributed by atoms with Gasteiger partial charge in [-0.15, -0.1) is 0 Å². The van der Waals surface area contributed by atoms with Crippen LogP contribution in [0.1, 0.15) is 64.5 Å². The molecule has 0 saturated heterocycles.